The molecule has 2 nitrogen and oxygen atoms in total. The minimum Gasteiger partial charge on any atom is -0.458 e. The van der Waals surface area contributed by atoms with Gasteiger partial charge in [-0.1, -0.05) is 84.9 Å². The summed E-state index contributed by atoms with van der Waals surface area (Å²) >= 11 is 0. The molecule has 2 heteroatoms. The van der Waals surface area contributed by atoms with E-state index in [1.807, 2.05) is 42.5 Å². The lowest BCUT2D eigenvalue weighted by Gasteiger charge is -2.41. The second-order valence-electron chi connectivity index (χ2n) is 10.4. The number of esters is 1. The van der Waals surface area contributed by atoms with Crippen LogP contribution in [-0.4, -0.2) is 12.1 Å². The summed E-state index contributed by atoms with van der Waals surface area (Å²) in [4.78, 5) is 13.3. The summed E-state index contributed by atoms with van der Waals surface area (Å²) in [6, 6.07) is 29.0. The smallest absolute Gasteiger partial charge is 0.338 e. The number of allylic oxidation sites excluding steroid dienone is 2. The summed E-state index contributed by atoms with van der Waals surface area (Å²) in [6.07, 6.45) is 7.42. The Balaban J connectivity index is 1.17. The maximum absolute atomic E-state index is 13.3. The van der Waals surface area contributed by atoms with Crippen molar-refractivity contribution < 1.29 is 9.53 Å². The van der Waals surface area contributed by atoms with E-state index in [4.69, 9.17) is 4.74 Å². The van der Waals surface area contributed by atoms with Crippen LogP contribution in [0.5, 0.6) is 0 Å². The van der Waals surface area contributed by atoms with Gasteiger partial charge in [0, 0.05) is 11.8 Å². The highest BCUT2D eigenvalue weighted by atomic mass is 16.5. The van der Waals surface area contributed by atoms with Crippen LogP contribution in [0, 0.1) is 35.5 Å². The lowest BCUT2D eigenvalue weighted by atomic mass is 9.66. The summed E-state index contributed by atoms with van der Waals surface area (Å²) in [6.45, 7) is 0. The first-order chi connectivity index (χ1) is 16.3. The van der Waals surface area contributed by atoms with Crippen molar-refractivity contribution in [2.45, 2.75) is 24.9 Å². The molecule has 3 aromatic carbocycles. The Morgan fingerprint density at radius 2 is 1.27 bits per heavy atom. The average Bonchev–Trinajstić information content (AvgIpc) is 3.65. The third-order valence-corrected chi connectivity index (χ3v) is 9.01. The Kier molecular flexibility index (Phi) is 4.37. The summed E-state index contributed by atoms with van der Waals surface area (Å²) in [7, 11) is 0. The third kappa shape index (κ3) is 2.96. The Morgan fingerprint density at radius 1 is 0.667 bits per heavy atom. The van der Waals surface area contributed by atoms with Crippen molar-refractivity contribution in [3.05, 3.63) is 108 Å². The van der Waals surface area contributed by atoms with Crippen LogP contribution >= 0.6 is 0 Å². The fraction of sp³-hybridized carbons (Fsp3) is 0.323. The molecule has 7 rings (SSSR count). The number of rotatable bonds is 4. The molecule has 164 valence electrons. The average molecular weight is 433 g/mol. The van der Waals surface area contributed by atoms with Crippen LogP contribution in [0.3, 0.4) is 0 Å². The molecule has 33 heavy (non-hydrogen) atoms. The first-order valence-electron chi connectivity index (χ1n) is 12.4. The number of carbonyl (C=O) groups excluding carboxylic acids is 1. The molecule has 3 fully saturated rings. The van der Waals surface area contributed by atoms with Gasteiger partial charge < -0.3 is 4.74 Å². The van der Waals surface area contributed by atoms with E-state index in [0.717, 1.165) is 23.0 Å². The van der Waals surface area contributed by atoms with E-state index in [2.05, 4.69) is 54.6 Å². The monoisotopic (exact) mass is 432 g/mol. The summed E-state index contributed by atoms with van der Waals surface area (Å²) < 4.78 is 6.40. The van der Waals surface area contributed by atoms with Crippen molar-refractivity contribution in [3.63, 3.8) is 0 Å². The summed E-state index contributed by atoms with van der Waals surface area (Å²) in [5.74, 6) is 4.15. The fourth-order valence-corrected chi connectivity index (χ4v) is 7.88. The van der Waals surface area contributed by atoms with Gasteiger partial charge in [0.25, 0.3) is 0 Å². The lowest BCUT2D eigenvalue weighted by Crippen LogP contribution is -2.41. The minimum absolute atomic E-state index is 0.0206. The lowest BCUT2D eigenvalue weighted by molar-refractivity contribution is -0.0143. The largest absolute Gasteiger partial charge is 0.458 e. The number of fused-ring (bicyclic) bond motifs is 9. The Morgan fingerprint density at radius 3 is 1.97 bits per heavy atom. The maximum atomic E-state index is 13.3. The standard InChI is InChI=1S/C31H28O2/c32-31(22-13-11-20(12-14-22)19-7-3-1-4-8-19)33-30-26-18-25(29(30)21-9-5-2-6-10-21)27-23-15-16-24(17-23)28(26)27/h1-16,23-30H,17-18H2. The molecule has 0 amide bonds. The van der Waals surface area contributed by atoms with Gasteiger partial charge in [-0.3, -0.25) is 0 Å². The molecule has 0 N–H and O–H groups in total. The zero-order valence-corrected chi connectivity index (χ0v) is 18.6. The van der Waals surface area contributed by atoms with Crippen LogP contribution in [0.15, 0.2) is 97.1 Å². The van der Waals surface area contributed by atoms with Gasteiger partial charge in [0.2, 0.25) is 0 Å². The zero-order valence-electron chi connectivity index (χ0n) is 18.6. The predicted octanol–water partition coefficient (Wildman–Crippen LogP) is 6.75. The molecule has 3 saturated carbocycles. The number of hydrogen-bond acceptors (Lipinski definition) is 2. The molecule has 0 aliphatic heterocycles. The van der Waals surface area contributed by atoms with Crippen LogP contribution in [-0.2, 0) is 4.74 Å². The molecule has 8 unspecified atom stereocenters. The van der Waals surface area contributed by atoms with Gasteiger partial charge in [0.15, 0.2) is 0 Å². The van der Waals surface area contributed by atoms with E-state index in [-0.39, 0.29) is 12.1 Å². The van der Waals surface area contributed by atoms with Crippen LogP contribution in [0.2, 0.25) is 0 Å². The minimum atomic E-state index is -0.177. The zero-order chi connectivity index (χ0) is 21.9. The second kappa shape index (κ2) is 7.45. The van der Waals surface area contributed by atoms with Gasteiger partial charge in [0.1, 0.15) is 6.10 Å². The second-order valence-corrected chi connectivity index (χ2v) is 10.4. The van der Waals surface area contributed by atoms with Crippen molar-refractivity contribution in [1.82, 2.24) is 0 Å². The third-order valence-electron chi connectivity index (χ3n) is 9.01. The highest BCUT2D eigenvalue weighted by Crippen LogP contribution is 2.69. The van der Waals surface area contributed by atoms with E-state index in [9.17, 15) is 4.79 Å². The highest BCUT2D eigenvalue weighted by molar-refractivity contribution is 5.90. The molecule has 0 spiro atoms. The van der Waals surface area contributed by atoms with E-state index in [0.29, 0.717) is 35.2 Å². The van der Waals surface area contributed by atoms with Crippen molar-refractivity contribution >= 4 is 5.97 Å². The first kappa shape index (κ1) is 19.3. The van der Waals surface area contributed by atoms with Gasteiger partial charge in [-0.05, 0) is 71.3 Å². The Hall–Kier alpha value is -3.13. The summed E-state index contributed by atoms with van der Waals surface area (Å²) in [5.41, 5.74) is 4.26. The first-order valence-corrected chi connectivity index (χ1v) is 12.4. The number of ether oxygens (including phenoxy) is 1. The van der Waals surface area contributed by atoms with Crippen molar-refractivity contribution in [2.75, 3.05) is 0 Å². The normalized spacial score (nSPS) is 35.0. The molecule has 8 atom stereocenters. The molecule has 0 radical (unpaired) electrons. The predicted molar refractivity (Wildman–Crippen MR) is 130 cm³/mol. The quantitative estimate of drug-likeness (QED) is 0.259. The van der Waals surface area contributed by atoms with E-state index >= 15 is 0 Å². The fourth-order valence-electron chi connectivity index (χ4n) is 7.88. The molecule has 0 saturated heterocycles. The van der Waals surface area contributed by atoms with Gasteiger partial charge in [0.05, 0.1) is 5.56 Å². The Labute approximate surface area is 195 Å². The van der Waals surface area contributed by atoms with Gasteiger partial charge in [-0.2, -0.15) is 0 Å². The SMILES string of the molecule is O=C(OC1C2CC(C1c1ccccc1)C1C3C=CC(C3)C21)c1ccc(-c2ccccc2)cc1. The van der Waals surface area contributed by atoms with Gasteiger partial charge >= 0.3 is 5.97 Å². The van der Waals surface area contributed by atoms with E-state index < -0.39 is 0 Å². The molecule has 4 aliphatic rings. The van der Waals surface area contributed by atoms with Crippen molar-refractivity contribution in [1.29, 1.82) is 0 Å². The van der Waals surface area contributed by atoms with Crippen molar-refractivity contribution in [3.8, 4) is 11.1 Å². The van der Waals surface area contributed by atoms with Crippen LogP contribution in [0.4, 0.5) is 0 Å². The molecular formula is C31H28O2. The van der Waals surface area contributed by atoms with Crippen molar-refractivity contribution in [2.24, 2.45) is 35.5 Å². The molecule has 4 bridgehead atoms. The molecular weight excluding hydrogens is 404 g/mol. The topological polar surface area (TPSA) is 26.3 Å². The van der Waals surface area contributed by atoms with E-state index in [1.165, 1.54) is 18.4 Å². The van der Waals surface area contributed by atoms with Crippen LogP contribution in [0.1, 0.15) is 34.7 Å². The maximum Gasteiger partial charge on any atom is 0.338 e. The molecule has 0 heterocycles. The van der Waals surface area contributed by atoms with E-state index in [1.54, 1.807) is 0 Å². The number of hydrogen-bond donors (Lipinski definition) is 0. The number of carbonyl (C=O) groups is 1. The van der Waals surface area contributed by atoms with Gasteiger partial charge in [-0.15, -0.1) is 0 Å². The van der Waals surface area contributed by atoms with Crippen LogP contribution < -0.4 is 0 Å². The summed E-state index contributed by atoms with van der Waals surface area (Å²) in [5, 5.41) is 0. The molecule has 4 aliphatic carbocycles. The van der Waals surface area contributed by atoms with Crippen LogP contribution in [0.25, 0.3) is 11.1 Å². The van der Waals surface area contributed by atoms with Gasteiger partial charge in [-0.25, -0.2) is 4.79 Å². The molecule has 0 aromatic heterocycles. The Bertz CT molecular complexity index is 1200. The molecule has 3 aromatic rings. The number of benzene rings is 3. The highest BCUT2D eigenvalue weighted by Gasteiger charge is 2.65.